The van der Waals surface area contributed by atoms with Crippen LogP contribution in [-0.2, 0) is 44.8 Å². The quantitative estimate of drug-likeness (QED) is 0.175. The number of rotatable bonds is 0. The smallest absolute Gasteiger partial charge is 0.357 e. The summed E-state index contributed by atoms with van der Waals surface area (Å²) in [5.74, 6) is 3.31. The number of hydrogen-bond acceptors (Lipinski definition) is 6. The number of fused-ring (bicyclic) bond motifs is 20. The Labute approximate surface area is 270 Å². The molecule has 0 fully saturated rings. The van der Waals surface area contributed by atoms with E-state index in [4.69, 9.17) is 39.9 Å². The normalized spacial score (nSPS) is 11.4. The molecule has 0 unspecified atom stereocenters. The summed E-state index contributed by atoms with van der Waals surface area (Å²) in [7, 11) is 0. The molecule has 206 valence electrons. The minimum atomic E-state index is 0. The Hall–Kier alpha value is -4.28. The van der Waals surface area contributed by atoms with E-state index in [0.29, 0.717) is 46.2 Å². The first-order valence-electron chi connectivity index (χ1n) is 12.9. The summed E-state index contributed by atoms with van der Waals surface area (Å²) in [6.45, 7) is 0. The van der Waals surface area contributed by atoms with Crippen molar-refractivity contribution in [2.75, 3.05) is 0 Å². The first kappa shape index (κ1) is 26.6. The predicted octanol–water partition coefficient (Wildman–Crippen LogP) is 6.03. The van der Waals surface area contributed by atoms with Crippen molar-refractivity contribution in [3.8, 4) is 68.3 Å². The zero-order valence-corrected chi connectivity index (χ0v) is 24.4. The Kier molecular flexibility index (Phi) is 6.47. The molecule has 0 aliphatic carbocycles. The first-order chi connectivity index (χ1) is 19.8. The van der Waals surface area contributed by atoms with E-state index in [0.717, 1.165) is 44.2 Å². The molecule has 8 bridgehead atoms. The van der Waals surface area contributed by atoms with Crippen molar-refractivity contribution in [3.05, 3.63) is 97.1 Å². The molecule has 4 aromatic carbocycles. The number of aromatic nitrogens is 8. The van der Waals surface area contributed by atoms with Crippen LogP contribution in [0.5, 0.6) is 0 Å². The molecule has 0 amide bonds. The molecule has 2 aromatic heterocycles. The number of nitrogens with zero attached hydrogens (tertiary/aromatic N) is 8. The largest absolute Gasteiger partial charge is 1.00 e. The van der Waals surface area contributed by atoms with E-state index in [1.54, 1.807) is 0 Å². The molecule has 10 heteroatoms. The van der Waals surface area contributed by atoms with Gasteiger partial charge in [-0.2, -0.15) is 0 Å². The van der Waals surface area contributed by atoms with Gasteiger partial charge in [0.1, 0.15) is 0 Å². The summed E-state index contributed by atoms with van der Waals surface area (Å²) in [5, 5.41) is 1.79. The van der Waals surface area contributed by atoms with Crippen LogP contribution >= 0.6 is 0 Å². The van der Waals surface area contributed by atoms with E-state index in [2.05, 4.69) is 0 Å². The summed E-state index contributed by atoms with van der Waals surface area (Å²) in [6, 6.07) is 31.8. The van der Waals surface area contributed by atoms with Crippen LogP contribution in [0, 0.1) is 0 Å². The fourth-order valence-electron chi connectivity index (χ4n) is 5.46. The fraction of sp³-hybridized carbons (Fsp3) is 0. The molecule has 0 radical (unpaired) electrons. The van der Waals surface area contributed by atoms with Gasteiger partial charge in [0.05, 0.1) is 11.6 Å². The van der Waals surface area contributed by atoms with Crippen molar-refractivity contribution in [1.82, 2.24) is 39.9 Å². The third kappa shape index (κ3) is 4.00. The summed E-state index contributed by atoms with van der Waals surface area (Å²) in [6.07, 6.45) is 0. The molecule has 9 rings (SSSR count). The van der Waals surface area contributed by atoms with Crippen LogP contribution in [0.15, 0.2) is 97.1 Å². The van der Waals surface area contributed by atoms with Crippen LogP contribution in [0.1, 0.15) is 0 Å². The van der Waals surface area contributed by atoms with E-state index in [-0.39, 0.29) is 44.8 Å². The zero-order valence-electron chi connectivity index (χ0n) is 21.4. The molecule has 0 spiro atoms. The second-order valence-electron chi connectivity index (χ2n) is 9.67. The van der Waals surface area contributed by atoms with Crippen molar-refractivity contribution >= 4 is 22.1 Å². The van der Waals surface area contributed by atoms with Gasteiger partial charge >= 0.3 is 44.8 Å². The molecule has 8 nitrogen and oxygen atoms in total. The van der Waals surface area contributed by atoms with Gasteiger partial charge in [-0.15, -0.1) is 0 Å². The molecule has 3 aliphatic rings. The zero-order chi connectivity index (χ0) is 26.2. The van der Waals surface area contributed by atoms with Crippen molar-refractivity contribution in [3.63, 3.8) is 0 Å². The van der Waals surface area contributed by atoms with Gasteiger partial charge in [-0.1, -0.05) is 97.1 Å². The Morgan fingerprint density at radius 1 is 0.333 bits per heavy atom. The van der Waals surface area contributed by atoms with Gasteiger partial charge in [0.15, 0.2) is 5.82 Å². The van der Waals surface area contributed by atoms with E-state index in [1.165, 1.54) is 0 Å². The second kappa shape index (κ2) is 10.2. The average Bonchev–Trinajstić information content (AvgIpc) is 3.73. The SMILES string of the molecule is [Ag+].[Ag+].c1ccc2c(c1)-c1nc-2nc2[n-]c(nc3nc([n-]c4nc(n1)-c1ccccc1-4)-c1ccccc1-3)c1ccccc21. The summed E-state index contributed by atoms with van der Waals surface area (Å²) < 4.78 is 0. The summed E-state index contributed by atoms with van der Waals surface area (Å²) in [4.78, 5) is 39.3. The van der Waals surface area contributed by atoms with E-state index < -0.39 is 0 Å². The second-order valence-corrected chi connectivity index (χ2v) is 9.67. The number of benzene rings is 4. The van der Waals surface area contributed by atoms with Gasteiger partial charge < -0.3 is 29.9 Å². The monoisotopic (exact) mass is 726 g/mol. The molecule has 0 atom stereocenters. The van der Waals surface area contributed by atoms with Crippen LogP contribution in [0.2, 0.25) is 0 Å². The Morgan fingerprint density at radius 3 is 1.14 bits per heavy atom. The standard InChI is InChI=1S/C32H16N8.2Ag/c1-2-10-18-17(9-1)25-33-26(18)38-28-21-13-5-6-14-22(21)30(35-28)40-32-24-16-8-7-15-23(24)31(36-32)39-29-20-12-4-3-11-19(20)27(34-29)37-25;;/h1-16H;;/q-2;2*+1. The van der Waals surface area contributed by atoms with E-state index in [1.807, 2.05) is 97.1 Å². The maximum absolute atomic E-state index is 4.95. The molecule has 3 aliphatic heterocycles. The van der Waals surface area contributed by atoms with Gasteiger partial charge in [0, 0.05) is 45.5 Å². The van der Waals surface area contributed by atoms with Crippen LogP contribution in [0.4, 0.5) is 0 Å². The third-order valence-electron chi connectivity index (χ3n) is 7.33. The minimum absolute atomic E-state index is 0. The molecule has 0 N–H and O–H groups in total. The molecule has 6 aromatic rings. The maximum Gasteiger partial charge on any atom is 1.00 e. The topological polar surface area (TPSA) is 106 Å². The van der Waals surface area contributed by atoms with Crippen LogP contribution in [-0.4, -0.2) is 29.9 Å². The Bertz CT molecular complexity index is 2100. The molecule has 0 saturated heterocycles. The summed E-state index contributed by atoms with van der Waals surface area (Å²) in [5.41, 5.74) is 6.46. The molecular weight excluding hydrogens is 712 g/mol. The maximum atomic E-state index is 4.95. The van der Waals surface area contributed by atoms with E-state index >= 15 is 0 Å². The minimum Gasteiger partial charge on any atom is -0.357 e. The Morgan fingerprint density at radius 2 is 0.667 bits per heavy atom. The predicted molar refractivity (Wildman–Crippen MR) is 152 cm³/mol. The van der Waals surface area contributed by atoms with Gasteiger partial charge in [0.25, 0.3) is 0 Å². The summed E-state index contributed by atoms with van der Waals surface area (Å²) >= 11 is 0. The number of hydrogen-bond donors (Lipinski definition) is 0. The molecule has 0 saturated carbocycles. The van der Waals surface area contributed by atoms with Crippen LogP contribution in [0.25, 0.3) is 90.4 Å². The van der Waals surface area contributed by atoms with Gasteiger partial charge in [-0.05, 0) is 27.5 Å². The molecule has 5 heterocycles. The first-order valence-corrected chi connectivity index (χ1v) is 12.9. The Balaban J connectivity index is 0.00000144. The average molecular weight is 728 g/mol. The van der Waals surface area contributed by atoms with Crippen LogP contribution < -0.4 is 9.97 Å². The van der Waals surface area contributed by atoms with Crippen molar-refractivity contribution in [2.45, 2.75) is 0 Å². The van der Waals surface area contributed by atoms with Crippen molar-refractivity contribution < 1.29 is 44.8 Å². The molecule has 42 heavy (non-hydrogen) atoms. The fourth-order valence-corrected chi connectivity index (χ4v) is 5.46. The van der Waals surface area contributed by atoms with Crippen molar-refractivity contribution in [2.24, 2.45) is 0 Å². The van der Waals surface area contributed by atoms with Crippen molar-refractivity contribution in [1.29, 1.82) is 0 Å². The van der Waals surface area contributed by atoms with Gasteiger partial charge in [0.2, 0.25) is 0 Å². The third-order valence-corrected chi connectivity index (χ3v) is 7.33. The molecular formula is C32H16Ag2N8. The van der Waals surface area contributed by atoms with Crippen LogP contribution in [0.3, 0.4) is 0 Å². The van der Waals surface area contributed by atoms with Gasteiger partial charge in [-0.25, -0.2) is 9.97 Å². The van der Waals surface area contributed by atoms with Gasteiger partial charge in [-0.3, -0.25) is 0 Å². The van der Waals surface area contributed by atoms with E-state index in [9.17, 15) is 0 Å².